The normalized spacial score (nSPS) is 10.8. The van der Waals surface area contributed by atoms with Crippen LogP contribution < -0.4 is 16.0 Å². The van der Waals surface area contributed by atoms with Gasteiger partial charge in [-0.3, -0.25) is 9.59 Å². The van der Waals surface area contributed by atoms with Gasteiger partial charge in [0.15, 0.2) is 0 Å². The van der Waals surface area contributed by atoms with Crippen molar-refractivity contribution in [3.8, 4) is 0 Å². The van der Waals surface area contributed by atoms with Gasteiger partial charge in [-0.1, -0.05) is 28.1 Å². The predicted octanol–water partition coefficient (Wildman–Crippen LogP) is 2.53. The number of halogens is 1. The predicted molar refractivity (Wildman–Crippen MR) is 107 cm³/mol. The van der Waals surface area contributed by atoms with Crippen molar-refractivity contribution in [3.05, 3.63) is 34.3 Å². The number of hydrogen-bond acceptors (Lipinski definition) is 4. The lowest BCUT2D eigenvalue weighted by Crippen LogP contribution is -2.37. The monoisotopic (exact) mass is 441 g/mol. The lowest BCUT2D eigenvalue weighted by atomic mass is 10.1. The Labute approximate surface area is 168 Å². The summed E-state index contributed by atoms with van der Waals surface area (Å²) >= 11 is 3.40. The molecule has 0 aliphatic rings. The highest BCUT2D eigenvalue weighted by Gasteiger charge is 2.15. The van der Waals surface area contributed by atoms with Crippen molar-refractivity contribution >= 4 is 33.8 Å². The molecule has 3 N–H and O–H groups in total. The number of aryl methyl sites for hydroxylation is 1. The number of nitrogens with one attached hydrogen (secondary N) is 3. The molecule has 3 amide bonds. The number of carbonyl (C=O) groups excluding carboxylic acids is 3. The molecule has 0 aliphatic heterocycles. The van der Waals surface area contributed by atoms with Crippen molar-refractivity contribution in [1.82, 2.24) is 16.0 Å². The summed E-state index contributed by atoms with van der Waals surface area (Å²) in [4.78, 5) is 34.9. The maximum Gasteiger partial charge on any atom is 0.407 e. The van der Waals surface area contributed by atoms with E-state index in [2.05, 4.69) is 31.9 Å². The number of ether oxygens (including phenoxy) is 1. The van der Waals surface area contributed by atoms with Crippen LogP contribution in [0.1, 0.15) is 39.2 Å². The van der Waals surface area contributed by atoms with Crippen molar-refractivity contribution in [2.75, 3.05) is 19.6 Å². The van der Waals surface area contributed by atoms with Crippen LogP contribution in [-0.4, -0.2) is 43.1 Å². The van der Waals surface area contributed by atoms with Gasteiger partial charge >= 0.3 is 6.09 Å². The molecule has 8 heteroatoms. The Bertz CT molecular complexity index is 644. The first kappa shape index (κ1) is 23.0. The van der Waals surface area contributed by atoms with Crippen molar-refractivity contribution in [3.63, 3.8) is 0 Å². The Morgan fingerprint density at radius 2 is 1.59 bits per heavy atom. The molecule has 0 bridgehead atoms. The molecule has 0 atom stereocenters. The zero-order chi connectivity index (χ0) is 20.3. The molecule has 27 heavy (non-hydrogen) atoms. The number of rotatable bonds is 9. The van der Waals surface area contributed by atoms with Crippen LogP contribution in [0, 0.1) is 0 Å². The molecule has 150 valence electrons. The van der Waals surface area contributed by atoms with E-state index >= 15 is 0 Å². The number of benzene rings is 1. The van der Waals surface area contributed by atoms with Gasteiger partial charge in [0.25, 0.3) is 0 Å². The van der Waals surface area contributed by atoms with Crippen LogP contribution in [0.3, 0.4) is 0 Å². The van der Waals surface area contributed by atoms with Crippen LogP contribution in [0.5, 0.6) is 0 Å². The third kappa shape index (κ3) is 12.0. The molecule has 0 radical (unpaired) electrons. The maximum absolute atomic E-state index is 11.8. The first-order valence-corrected chi connectivity index (χ1v) is 9.70. The highest BCUT2D eigenvalue weighted by molar-refractivity contribution is 9.10. The van der Waals surface area contributed by atoms with Crippen LogP contribution in [0.2, 0.25) is 0 Å². The first-order chi connectivity index (χ1) is 12.7. The van der Waals surface area contributed by atoms with Gasteiger partial charge in [0.2, 0.25) is 11.8 Å². The molecule has 0 aromatic heterocycles. The molecule has 1 rings (SSSR count). The van der Waals surface area contributed by atoms with E-state index in [9.17, 15) is 14.4 Å². The van der Waals surface area contributed by atoms with E-state index in [1.54, 1.807) is 20.8 Å². The van der Waals surface area contributed by atoms with Gasteiger partial charge in [0, 0.05) is 36.9 Å². The molecule has 0 unspecified atom stereocenters. The van der Waals surface area contributed by atoms with E-state index in [0.29, 0.717) is 25.9 Å². The molecule has 0 spiro atoms. The van der Waals surface area contributed by atoms with E-state index < -0.39 is 11.7 Å². The van der Waals surface area contributed by atoms with E-state index in [0.717, 1.165) is 10.0 Å². The molecular weight excluding hydrogens is 414 g/mol. The summed E-state index contributed by atoms with van der Waals surface area (Å²) in [5.41, 5.74) is 0.520. The van der Waals surface area contributed by atoms with Crippen LogP contribution in [0.4, 0.5) is 4.79 Å². The molecule has 1 aromatic carbocycles. The topological polar surface area (TPSA) is 96.5 Å². The van der Waals surface area contributed by atoms with Gasteiger partial charge in [0.1, 0.15) is 5.60 Å². The second-order valence-corrected chi connectivity index (χ2v) is 7.92. The summed E-state index contributed by atoms with van der Waals surface area (Å²) < 4.78 is 6.06. The lowest BCUT2D eigenvalue weighted by molar-refractivity contribution is -0.122. The summed E-state index contributed by atoms with van der Waals surface area (Å²) in [5.74, 6) is -0.259. The Hall–Kier alpha value is -2.09. The van der Waals surface area contributed by atoms with E-state index in [4.69, 9.17) is 4.74 Å². The lowest BCUT2D eigenvalue weighted by Gasteiger charge is -2.19. The average molecular weight is 442 g/mol. The fourth-order valence-electron chi connectivity index (χ4n) is 2.12. The maximum atomic E-state index is 11.8. The second-order valence-electron chi connectivity index (χ2n) is 7.01. The van der Waals surface area contributed by atoms with Crippen molar-refractivity contribution in [2.24, 2.45) is 0 Å². The number of carbonyl (C=O) groups is 3. The smallest absolute Gasteiger partial charge is 0.407 e. The summed E-state index contributed by atoms with van der Waals surface area (Å²) in [7, 11) is 0. The molecular formula is C19H28BrN3O4. The molecule has 0 heterocycles. The molecule has 0 fully saturated rings. The molecule has 0 aliphatic carbocycles. The Morgan fingerprint density at radius 3 is 2.19 bits per heavy atom. The minimum absolute atomic E-state index is 0.0594. The number of alkyl carbamates (subject to hydrolysis) is 1. The van der Waals surface area contributed by atoms with Crippen molar-refractivity contribution < 1.29 is 19.1 Å². The standard InChI is InChI=1S/C19H28BrN3O4/c1-19(2,3)27-18(26)23-10-9-17(25)22-12-11-21-16(24)8-7-14-5-4-6-15(20)13-14/h4-6,13H,7-12H2,1-3H3,(H,21,24)(H,22,25)(H,23,26). The van der Waals surface area contributed by atoms with Gasteiger partial charge in [-0.25, -0.2) is 4.79 Å². The summed E-state index contributed by atoms with van der Waals surface area (Å²) in [6.45, 7) is 6.21. The van der Waals surface area contributed by atoms with Gasteiger partial charge in [0.05, 0.1) is 0 Å². The fraction of sp³-hybridized carbons (Fsp3) is 0.526. The summed E-state index contributed by atoms with van der Waals surface area (Å²) in [5, 5.41) is 7.98. The van der Waals surface area contributed by atoms with E-state index in [1.807, 2.05) is 24.3 Å². The zero-order valence-corrected chi connectivity index (χ0v) is 17.6. The minimum atomic E-state index is -0.568. The van der Waals surface area contributed by atoms with Crippen LogP contribution in [0.25, 0.3) is 0 Å². The SMILES string of the molecule is CC(C)(C)OC(=O)NCCC(=O)NCCNC(=O)CCc1cccc(Br)c1. The van der Waals surface area contributed by atoms with Crippen LogP contribution in [0.15, 0.2) is 28.7 Å². The van der Waals surface area contributed by atoms with Crippen molar-refractivity contribution in [1.29, 1.82) is 0 Å². The highest BCUT2D eigenvalue weighted by Crippen LogP contribution is 2.12. The Kier molecular flexibility index (Phi) is 9.85. The Morgan fingerprint density at radius 1 is 0.963 bits per heavy atom. The molecule has 0 saturated carbocycles. The highest BCUT2D eigenvalue weighted by atomic mass is 79.9. The largest absolute Gasteiger partial charge is 0.444 e. The van der Waals surface area contributed by atoms with E-state index in [-0.39, 0.29) is 24.8 Å². The molecule has 1 aromatic rings. The summed E-state index contributed by atoms with van der Waals surface area (Å²) in [6, 6.07) is 7.84. The van der Waals surface area contributed by atoms with Crippen LogP contribution in [-0.2, 0) is 20.7 Å². The molecule has 7 nitrogen and oxygen atoms in total. The quantitative estimate of drug-likeness (QED) is 0.512. The molecule has 0 saturated heterocycles. The Balaban J connectivity index is 2.07. The number of hydrogen-bond donors (Lipinski definition) is 3. The van der Waals surface area contributed by atoms with Gasteiger partial charge in [-0.2, -0.15) is 0 Å². The number of amides is 3. The zero-order valence-electron chi connectivity index (χ0n) is 16.1. The van der Waals surface area contributed by atoms with Gasteiger partial charge in [-0.15, -0.1) is 0 Å². The third-order valence-corrected chi connectivity index (χ3v) is 3.81. The third-order valence-electron chi connectivity index (χ3n) is 3.32. The van der Waals surface area contributed by atoms with Gasteiger partial charge < -0.3 is 20.7 Å². The second kappa shape index (κ2) is 11.6. The summed E-state index contributed by atoms with van der Waals surface area (Å²) in [6.07, 6.45) is 0.654. The first-order valence-electron chi connectivity index (χ1n) is 8.90. The van der Waals surface area contributed by atoms with Gasteiger partial charge in [-0.05, 0) is 44.9 Å². The van der Waals surface area contributed by atoms with Crippen molar-refractivity contribution in [2.45, 2.75) is 45.6 Å². The fourth-order valence-corrected chi connectivity index (χ4v) is 2.57. The van der Waals surface area contributed by atoms with E-state index in [1.165, 1.54) is 0 Å². The minimum Gasteiger partial charge on any atom is -0.444 e. The average Bonchev–Trinajstić information content (AvgIpc) is 2.55. The van der Waals surface area contributed by atoms with Crippen LogP contribution >= 0.6 is 15.9 Å².